The molecule has 4 rings (SSSR count). The Kier molecular flexibility index (Phi) is 4.92. The largest absolute Gasteiger partial charge is 0.497 e. The lowest BCUT2D eigenvalue weighted by atomic mass is 10.1. The highest BCUT2D eigenvalue weighted by Gasteiger charge is 2.43. The lowest BCUT2D eigenvalue weighted by molar-refractivity contribution is -0.153. The van der Waals surface area contributed by atoms with E-state index >= 15 is 0 Å². The fourth-order valence-corrected chi connectivity index (χ4v) is 4.12. The van der Waals surface area contributed by atoms with Gasteiger partial charge in [0.25, 0.3) is 0 Å². The van der Waals surface area contributed by atoms with Gasteiger partial charge >= 0.3 is 0 Å². The average Bonchev–Trinajstić information content (AvgIpc) is 3.28. The van der Waals surface area contributed by atoms with E-state index in [9.17, 15) is 4.79 Å². The molecule has 0 N–H and O–H groups in total. The number of methoxy groups -OCH3 is 1. The first-order valence-corrected chi connectivity index (χ1v) is 9.07. The Morgan fingerprint density at radius 1 is 1.24 bits per heavy atom. The molecule has 0 radical (unpaired) electrons. The van der Waals surface area contributed by atoms with Crippen molar-refractivity contribution >= 4 is 5.91 Å². The molecule has 6 heteroatoms. The maximum Gasteiger partial charge on any atom is 0.249 e. The smallest absolute Gasteiger partial charge is 0.249 e. The number of amides is 1. The number of rotatable bonds is 5. The number of fused-ring (bicyclic) bond motifs is 1. The van der Waals surface area contributed by atoms with Gasteiger partial charge in [-0.15, -0.1) is 0 Å². The van der Waals surface area contributed by atoms with Crippen molar-refractivity contribution in [1.29, 1.82) is 0 Å². The van der Waals surface area contributed by atoms with Crippen LogP contribution in [0.15, 0.2) is 24.3 Å². The van der Waals surface area contributed by atoms with Crippen LogP contribution >= 0.6 is 0 Å². The summed E-state index contributed by atoms with van der Waals surface area (Å²) in [5.41, 5.74) is 1.12. The third-order valence-corrected chi connectivity index (χ3v) is 5.51. The van der Waals surface area contributed by atoms with E-state index in [1.807, 2.05) is 29.2 Å². The summed E-state index contributed by atoms with van der Waals surface area (Å²) in [5.74, 6) is 1.54. The maximum atomic E-state index is 12.5. The number of likely N-dealkylation sites (tertiary alicyclic amines) is 1. The Bertz CT molecular complexity index is 600. The molecule has 136 valence electrons. The molecule has 3 atom stereocenters. The molecule has 0 aromatic heterocycles. The molecule has 3 heterocycles. The Morgan fingerprint density at radius 2 is 2.08 bits per heavy atom. The topological polar surface area (TPSA) is 51.2 Å². The predicted octanol–water partition coefficient (Wildman–Crippen LogP) is 1.14. The van der Waals surface area contributed by atoms with Crippen molar-refractivity contribution in [3.63, 3.8) is 0 Å². The van der Waals surface area contributed by atoms with E-state index < -0.39 is 0 Å². The van der Waals surface area contributed by atoms with Crippen LogP contribution in [0.5, 0.6) is 5.75 Å². The molecule has 0 unspecified atom stereocenters. The third kappa shape index (κ3) is 3.66. The van der Waals surface area contributed by atoms with E-state index in [2.05, 4.69) is 4.90 Å². The molecule has 0 saturated carbocycles. The van der Waals surface area contributed by atoms with Gasteiger partial charge in [0.1, 0.15) is 12.4 Å². The zero-order valence-corrected chi connectivity index (χ0v) is 14.7. The summed E-state index contributed by atoms with van der Waals surface area (Å²) in [4.78, 5) is 16.9. The Labute approximate surface area is 148 Å². The molecular formula is C19H26N2O4. The molecule has 3 fully saturated rings. The fourth-order valence-electron chi connectivity index (χ4n) is 4.12. The van der Waals surface area contributed by atoms with Crippen molar-refractivity contribution in [3.05, 3.63) is 29.8 Å². The minimum absolute atomic E-state index is 0.0862. The van der Waals surface area contributed by atoms with Gasteiger partial charge in [0.2, 0.25) is 5.91 Å². The van der Waals surface area contributed by atoms with Crippen LogP contribution in [-0.4, -0.2) is 74.4 Å². The third-order valence-electron chi connectivity index (χ3n) is 5.51. The van der Waals surface area contributed by atoms with Crippen LogP contribution in [0.25, 0.3) is 0 Å². The molecule has 3 aliphatic rings. The zero-order chi connectivity index (χ0) is 17.2. The lowest BCUT2D eigenvalue weighted by Crippen LogP contribution is -2.53. The number of carbonyl (C=O) groups is 1. The first kappa shape index (κ1) is 16.8. The van der Waals surface area contributed by atoms with E-state index in [4.69, 9.17) is 14.2 Å². The number of hydrogen-bond acceptors (Lipinski definition) is 5. The van der Waals surface area contributed by atoms with Crippen molar-refractivity contribution in [2.45, 2.75) is 25.1 Å². The minimum Gasteiger partial charge on any atom is -0.497 e. The summed E-state index contributed by atoms with van der Waals surface area (Å²) in [7, 11) is 1.66. The number of hydrogen-bond donors (Lipinski definition) is 0. The highest BCUT2D eigenvalue weighted by molar-refractivity contribution is 5.78. The van der Waals surface area contributed by atoms with Crippen molar-refractivity contribution in [2.75, 3.05) is 46.6 Å². The quantitative estimate of drug-likeness (QED) is 0.800. The molecule has 0 aliphatic carbocycles. The van der Waals surface area contributed by atoms with E-state index in [0.29, 0.717) is 12.5 Å². The molecule has 1 aromatic rings. The van der Waals surface area contributed by atoms with Gasteiger partial charge in [-0.2, -0.15) is 0 Å². The van der Waals surface area contributed by atoms with Crippen LogP contribution in [0.3, 0.4) is 0 Å². The minimum atomic E-state index is 0.0862. The SMILES string of the molecule is COc1ccc(CN2C(=O)CO[C@@H]3CN(C[C@@H]4CCOC4)C[C@H]32)cc1. The van der Waals surface area contributed by atoms with Crippen LogP contribution in [0, 0.1) is 5.92 Å². The van der Waals surface area contributed by atoms with Crippen molar-refractivity contribution in [2.24, 2.45) is 5.92 Å². The monoisotopic (exact) mass is 346 g/mol. The molecule has 0 spiro atoms. The van der Waals surface area contributed by atoms with Crippen LogP contribution in [0.4, 0.5) is 0 Å². The van der Waals surface area contributed by atoms with E-state index in [1.165, 1.54) is 0 Å². The van der Waals surface area contributed by atoms with Crippen molar-refractivity contribution in [1.82, 2.24) is 9.80 Å². The lowest BCUT2D eigenvalue weighted by Gasteiger charge is -2.36. The van der Waals surface area contributed by atoms with Gasteiger partial charge in [-0.25, -0.2) is 0 Å². The van der Waals surface area contributed by atoms with Crippen LogP contribution in [0.2, 0.25) is 0 Å². The zero-order valence-electron chi connectivity index (χ0n) is 14.7. The van der Waals surface area contributed by atoms with Gasteiger partial charge in [0.05, 0.1) is 25.9 Å². The fraction of sp³-hybridized carbons (Fsp3) is 0.632. The molecule has 1 aromatic carbocycles. The standard InChI is InChI=1S/C19H26N2O4/c1-23-16-4-2-14(3-5-16)9-21-17-10-20(8-15-6-7-24-12-15)11-18(17)25-13-19(21)22/h2-5,15,17-18H,6-13H2,1H3/t15-,17+,18+/m0/s1. The van der Waals surface area contributed by atoms with Gasteiger partial charge in [-0.1, -0.05) is 12.1 Å². The van der Waals surface area contributed by atoms with Gasteiger partial charge in [-0.05, 0) is 30.0 Å². The van der Waals surface area contributed by atoms with Gasteiger partial charge in [0, 0.05) is 32.8 Å². The number of nitrogens with zero attached hydrogens (tertiary/aromatic N) is 2. The van der Waals surface area contributed by atoms with Crippen molar-refractivity contribution in [3.8, 4) is 5.75 Å². The summed E-state index contributed by atoms with van der Waals surface area (Å²) in [6.07, 6.45) is 1.26. The second kappa shape index (κ2) is 7.32. The molecule has 3 saturated heterocycles. The summed E-state index contributed by atoms with van der Waals surface area (Å²) in [6, 6.07) is 8.08. The van der Waals surface area contributed by atoms with E-state index in [-0.39, 0.29) is 24.7 Å². The molecule has 25 heavy (non-hydrogen) atoms. The Balaban J connectivity index is 1.42. The second-order valence-corrected chi connectivity index (χ2v) is 7.23. The van der Waals surface area contributed by atoms with E-state index in [0.717, 1.165) is 50.6 Å². The molecule has 1 amide bonds. The maximum absolute atomic E-state index is 12.5. The Morgan fingerprint density at radius 3 is 2.80 bits per heavy atom. The number of ether oxygens (including phenoxy) is 3. The van der Waals surface area contributed by atoms with Gasteiger partial charge in [-0.3, -0.25) is 9.69 Å². The molecule has 0 bridgehead atoms. The average molecular weight is 346 g/mol. The van der Waals surface area contributed by atoms with E-state index in [1.54, 1.807) is 7.11 Å². The Hall–Kier alpha value is -1.63. The highest BCUT2D eigenvalue weighted by atomic mass is 16.5. The van der Waals surface area contributed by atoms with Crippen LogP contribution in [0.1, 0.15) is 12.0 Å². The summed E-state index contributed by atoms with van der Waals surface area (Å²) in [5, 5.41) is 0. The van der Waals surface area contributed by atoms with Gasteiger partial charge in [0.15, 0.2) is 0 Å². The first-order valence-electron chi connectivity index (χ1n) is 9.07. The normalized spacial score (nSPS) is 29.9. The number of benzene rings is 1. The molecule has 6 nitrogen and oxygen atoms in total. The molecule has 3 aliphatic heterocycles. The number of morpholine rings is 1. The molecular weight excluding hydrogens is 320 g/mol. The van der Waals surface area contributed by atoms with Crippen LogP contribution in [-0.2, 0) is 20.8 Å². The highest BCUT2D eigenvalue weighted by Crippen LogP contribution is 2.27. The summed E-state index contributed by atoms with van der Waals surface area (Å²) >= 11 is 0. The van der Waals surface area contributed by atoms with Gasteiger partial charge < -0.3 is 19.1 Å². The first-order chi connectivity index (χ1) is 12.2. The van der Waals surface area contributed by atoms with Crippen LogP contribution < -0.4 is 4.74 Å². The van der Waals surface area contributed by atoms with Crippen molar-refractivity contribution < 1.29 is 19.0 Å². The predicted molar refractivity (Wildman–Crippen MR) is 92.4 cm³/mol. The second-order valence-electron chi connectivity index (χ2n) is 7.23. The number of carbonyl (C=O) groups excluding carboxylic acids is 1. The summed E-state index contributed by atoms with van der Waals surface area (Å²) < 4.78 is 16.5. The summed E-state index contributed by atoms with van der Waals surface area (Å²) in [6.45, 7) is 5.41.